The fraction of sp³-hybridized carbons (Fsp3) is 0.193. The van der Waals surface area contributed by atoms with Crippen molar-refractivity contribution >= 4 is 10.8 Å². The quantitative estimate of drug-likeness (QED) is 0.159. The molecule has 0 spiro atoms. The molecular formula is C57H56. The molecule has 0 aliphatic heterocycles. The fourth-order valence-corrected chi connectivity index (χ4v) is 8.26. The second-order valence-electron chi connectivity index (χ2n) is 16.3. The number of hydrogen-bond acceptors (Lipinski definition) is 0. The number of aryl methyl sites for hydroxylation is 3. The second-order valence-corrected chi connectivity index (χ2v) is 16.3. The average Bonchev–Trinajstić information content (AvgIpc) is 3.47. The van der Waals surface area contributed by atoms with E-state index in [0.29, 0.717) is 5.92 Å². The van der Waals surface area contributed by atoms with Gasteiger partial charge in [-0.05, 0) is 123 Å². The van der Waals surface area contributed by atoms with Gasteiger partial charge in [-0.15, -0.1) is 0 Å². The molecule has 8 aromatic carbocycles. The molecule has 0 radical (unpaired) electrons. The minimum Gasteiger partial charge on any atom is -0.0648 e. The van der Waals surface area contributed by atoms with Crippen LogP contribution in [0.3, 0.4) is 0 Å². The summed E-state index contributed by atoms with van der Waals surface area (Å²) in [6.45, 7) is 15.7. The van der Waals surface area contributed by atoms with Gasteiger partial charge in [0.25, 0.3) is 0 Å². The minimum absolute atomic E-state index is 0.139. The highest BCUT2D eigenvalue weighted by atomic mass is 14.4. The number of rotatable bonds is 6. The van der Waals surface area contributed by atoms with Crippen molar-refractivity contribution in [1.82, 2.24) is 0 Å². The number of hydrogen-bond donors (Lipinski definition) is 0. The third kappa shape index (κ3) is 8.72. The van der Waals surface area contributed by atoms with Crippen LogP contribution < -0.4 is 0 Å². The molecule has 1 aliphatic carbocycles. The van der Waals surface area contributed by atoms with Crippen LogP contribution in [0.15, 0.2) is 182 Å². The van der Waals surface area contributed by atoms with Crippen molar-refractivity contribution in [3.8, 4) is 33.4 Å². The molecule has 9 rings (SSSR count). The monoisotopic (exact) mass is 740 g/mol. The Hall–Kier alpha value is -5.98. The highest BCUT2D eigenvalue weighted by molar-refractivity contribution is 5.85. The lowest BCUT2D eigenvalue weighted by Gasteiger charge is -2.21. The maximum Gasteiger partial charge on any atom is 0.0158 e. The molecule has 0 N–H and O–H groups in total. The van der Waals surface area contributed by atoms with E-state index in [1.807, 2.05) is 0 Å². The lowest BCUT2D eigenvalue weighted by molar-refractivity contribution is 0.659. The summed E-state index contributed by atoms with van der Waals surface area (Å²) >= 11 is 0. The number of fused-ring (bicyclic) bond motifs is 4. The molecule has 57 heavy (non-hydrogen) atoms. The second kappa shape index (κ2) is 17.4. The van der Waals surface area contributed by atoms with Crippen LogP contribution >= 0.6 is 0 Å². The minimum atomic E-state index is 0.139. The topological polar surface area (TPSA) is 0 Å². The molecule has 1 unspecified atom stereocenters. The first-order chi connectivity index (χ1) is 27.6. The fourth-order valence-electron chi connectivity index (χ4n) is 8.26. The lowest BCUT2D eigenvalue weighted by Crippen LogP contribution is -2.14. The third-order valence-electron chi connectivity index (χ3n) is 12.0. The third-order valence-corrected chi connectivity index (χ3v) is 12.0. The predicted octanol–water partition coefficient (Wildman–Crippen LogP) is 15.9. The normalized spacial score (nSPS) is 12.7. The zero-order valence-corrected chi connectivity index (χ0v) is 34.8. The van der Waals surface area contributed by atoms with Crippen molar-refractivity contribution in [2.24, 2.45) is 0 Å². The van der Waals surface area contributed by atoms with Gasteiger partial charge in [-0.1, -0.05) is 215 Å². The van der Waals surface area contributed by atoms with Gasteiger partial charge in [-0.25, -0.2) is 0 Å². The Bertz CT molecular complexity index is 2580. The van der Waals surface area contributed by atoms with Crippen LogP contribution in [0.4, 0.5) is 0 Å². The van der Waals surface area contributed by atoms with E-state index >= 15 is 0 Å². The van der Waals surface area contributed by atoms with Crippen molar-refractivity contribution < 1.29 is 0 Å². The summed E-state index contributed by atoms with van der Waals surface area (Å²) < 4.78 is 0. The highest BCUT2D eigenvalue weighted by Gasteiger charge is 2.35. The van der Waals surface area contributed by atoms with Crippen LogP contribution in [-0.4, -0.2) is 0 Å². The van der Waals surface area contributed by atoms with Crippen molar-refractivity contribution in [3.05, 3.63) is 226 Å². The zero-order chi connectivity index (χ0) is 39.9. The smallest absolute Gasteiger partial charge is 0.0158 e. The van der Waals surface area contributed by atoms with E-state index in [1.54, 1.807) is 0 Å². The Morgan fingerprint density at radius 3 is 1.74 bits per heavy atom. The molecule has 8 aromatic rings. The van der Waals surface area contributed by atoms with Crippen LogP contribution in [0.25, 0.3) is 44.2 Å². The van der Waals surface area contributed by atoms with Gasteiger partial charge in [0, 0.05) is 5.41 Å². The molecule has 1 atom stereocenters. The Morgan fingerprint density at radius 1 is 0.474 bits per heavy atom. The Balaban J connectivity index is 0.000000143. The average molecular weight is 741 g/mol. The summed E-state index contributed by atoms with van der Waals surface area (Å²) in [6.07, 6.45) is 2.14. The molecule has 1 aliphatic rings. The molecule has 0 aromatic heterocycles. The lowest BCUT2D eigenvalue weighted by atomic mass is 9.82. The van der Waals surface area contributed by atoms with Crippen LogP contribution in [0.5, 0.6) is 0 Å². The largest absolute Gasteiger partial charge is 0.0648 e. The van der Waals surface area contributed by atoms with Gasteiger partial charge in [-0.3, -0.25) is 0 Å². The van der Waals surface area contributed by atoms with E-state index in [2.05, 4.69) is 230 Å². The summed E-state index contributed by atoms with van der Waals surface area (Å²) in [5.41, 5.74) is 19.3. The van der Waals surface area contributed by atoms with E-state index in [4.69, 9.17) is 0 Å². The Morgan fingerprint density at radius 2 is 1.04 bits per heavy atom. The van der Waals surface area contributed by atoms with Crippen LogP contribution in [0.1, 0.15) is 84.5 Å². The van der Waals surface area contributed by atoms with E-state index < -0.39 is 0 Å². The first kappa shape index (κ1) is 39.3. The van der Waals surface area contributed by atoms with Crippen LogP contribution in [0.2, 0.25) is 0 Å². The zero-order valence-electron chi connectivity index (χ0n) is 34.8. The van der Waals surface area contributed by atoms with Gasteiger partial charge >= 0.3 is 0 Å². The van der Waals surface area contributed by atoms with Gasteiger partial charge in [0.2, 0.25) is 0 Å². The van der Waals surface area contributed by atoms with Gasteiger partial charge in [0.05, 0.1) is 0 Å². The standard InChI is InChI=1S/C27H24.C19H22.C11H10/c1-20-11-15-23(16-12-20)24-17-13-22(14-18-24)19-25-8-4-6-10-27(25)26-9-5-3-7-21(26)2;1-5-13(2)14-10-11-18-16(12-14)15-8-6-7-9-17(15)19(18,3)4;1-9-5-4-7-10-6-2-3-8-11(9)10/h3-18H,19H2,1-2H3;6-13H,5H2,1-4H3;2-8H,1H3. The van der Waals surface area contributed by atoms with E-state index in [-0.39, 0.29) is 5.41 Å². The van der Waals surface area contributed by atoms with Gasteiger partial charge in [-0.2, -0.15) is 0 Å². The molecule has 284 valence electrons. The predicted molar refractivity (Wildman–Crippen MR) is 247 cm³/mol. The van der Waals surface area contributed by atoms with Gasteiger partial charge < -0.3 is 0 Å². The van der Waals surface area contributed by atoms with Crippen LogP contribution in [0, 0.1) is 20.8 Å². The van der Waals surface area contributed by atoms with Crippen LogP contribution in [-0.2, 0) is 11.8 Å². The first-order valence-electron chi connectivity index (χ1n) is 20.6. The summed E-state index contributed by atoms with van der Waals surface area (Å²) in [6, 6.07) is 65.8. The molecular weight excluding hydrogens is 685 g/mol. The number of benzene rings is 8. The Kier molecular flexibility index (Phi) is 12.0. The van der Waals surface area contributed by atoms with Crippen molar-refractivity contribution in [3.63, 3.8) is 0 Å². The van der Waals surface area contributed by atoms with E-state index in [1.165, 1.54) is 95.1 Å². The maximum atomic E-state index is 2.41. The first-order valence-corrected chi connectivity index (χ1v) is 20.6. The van der Waals surface area contributed by atoms with E-state index in [0.717, 1.165) is 6.42 Å². The summed E-state index contributed by atoms with van der Waals surface area (Å²) in [4.78, 5) is 0. The molecule has 0 heterocycles. The molecule has 0 amide bonds. The van der Waals surface area contributed by atoms with Gasteiger partial charge in [0.15, 0.2) is 0 Å². The maximum absolute atomic E-state index is 2.41. The van der Waals surface area contributed by atoms with Crippen molar-refractivity contribution in [2.75, 3.05) is 0 Å². The molecule has 0 saturated heterocycles. The molecule has 0 nitrogen and oxygen atoms in total. The molecule has 0 bridgehead atoms. The summed E-state index contributed by atoms with van der Waals surface area (Å²) in [7, 11) is 0. The van der Waals surface area contributed by atoms with Crippen molar-refractivity contribution in [1.29, 1.82) is 0 Å². The van der Waals surface area contributed by atoms with Crippen molar-refractivity contribution in [2.45, 2.75) is 72.6 Å². The molecule has 0 fully saturated rings. The molecule has 0 heteroatoms. The Labute approximate surface area is 341 Å². The summed E-state index contributed by atoms with van der Waals surface area (Å²) in [5.74, 6) is 0.640. The summed E-state index contributed by atoms with van der Waals surface area (Å²) in [5, 5.41) is 2.68. The van der Waals surface area contributed by atoms with Gasteiger partial charge in [0.1, 0.15) is 0 Å². The highest BCUT2D eigenvalue weighted by Crippen LogP contribution is 2.49. The SMILES string of the molecule is CCC(C)c1ccc2c(c1)-c1ccccc1C2(C)C.Cc1ccc(-c2ccc(Cc3ccccc3-c3ccccc3C)cc2)cc1.Cc1cccc2ccccc12. The van der Waals surface area contributed by atoms with E-state index in [9.17, 15) is 0 Å². The molecule has 0 saturated carbocycles.